The van der Waals surface area contributed by atoms with Gasteiger partial charge in [0, 0.05) is 0 Å². The van der Waals surface area contributed by atoms with Gasteiger partial charge in [0.25, 0.3) is 0 Å². The zero-order valence-electron chi connectivity index (χ0n) is 13.4. The molecule has 0 bridgehead atoms. The molecule has 0 saturated heterocycles. The number of para-hydroxylation sites is 1. The number of aryl methyl sites for hydroxylation is 1. The zero-order valence-corrected chi connectivity index (χ0v) is 13.4. The summed E-state index contributed by atoms with van der Waals surface area (Å²) in [6, 6.07) is 18.4. The molecule has 0 aromatic heterocycles. The molecular formula is C19H27N. The van der Waals surface area contributed by atoms with Crippen LogP contribution in [0.25, 0.3) is 0 Å². The van der Waals surface area contributed by atoms with Crippen molar-refractivity contribution in [2.45, 2.75) is 40.5 Å². The Kier molecular flexibility index (Phi) is 9.94. The average Bonchev–Trinajstić information content (AvgIpc) is 2.51. The minimum Gasteiger partial charge on any atom is -0.265 e. The molecule has 0 amide bonds. The molecule has 2 aromatic rings. The van der Waals surface area contributed by atoms with Crippen molar-refractivity contribution in [2.24, 2.45) is 4.99 Å². The SMILES string of the molecule is C=Nc1ccccc1.CC.Cc1ccc(C(C)C)cc1. The summed E-state index contributed by atoms with van der Waals surface area (Å²) < 4.78 is 0. The van der Waals surface area contributed by atoms with Crippen molar-refractivity contribution in [2.75, 3.05) is 0 Å². The lowest BCUT2D eigenvalue weighted by Crippen LogP contribution is -1.85. The van der Waals surface area contributed by atoms with Gasteiger partial charge in [0.2, 0.25) is 0 Å². The fourth-order valence-electron chi connectivity index (χ4n) is 1.48. The molecule has 0 unspecified atom stereocenters. The van der Waals surface area contributed by atoms with Crippen molar-refractivity contribution < 1.29 is 0 Å². The summed E-state index contributed by atoms with van der Waals surface area (Å²) in [6.07, 6.45) is 0. The van der Waals surface area contributed by atoms with Crippen LogP contribution in [0.5, 0.6) is 0 Å². The Morgan fingerprint density at radius 1 is 0.850 bits per heavy atom. The van der Waals surface area contributed by atoms with Gasteiger partial charge in [-0.25, -0.2) is 0 Å². The molecule has 1 heteroatoms. The van der Waals surface area contributed by atoms with Crippen LogP contribution in [0.1, 0.15) is 44.7 Å². The van der Waals surface area contributed by atoms with E-state index in [1.54, 1.807) is 0 Å². The van der Waals surface area contributed by atoms with Crippen LogP contribution in [0.3, 0.4) is 0 Å². The minimum atomic E-state index is 0.653. The van der Waals surface area contributed by atoms with E-state index < -0.39 is 0 Å². The van der Waals surface area contributed by atoms with Gasteiger partial charge in [-0.05, 0) is 37.3 Å². The lowest BCUT2D eigenvalue weighted by molar-refractivity contribution is 0.866. The number of benzene rings is 2. The first kappa shape index (κ1) is 18.1. The number of nitrogens with zero attached hydrogens (tertiary/aromatic N) is 1. The third kappa shape index (κ3) is 7.52. The maximum atomic E-state index is 3.72. The first-order chi connectivity index (χ1) is 9.63. The van der Waals surface area contributed by atoms with Crippen molar-refractivity contribution in [3.63, 3.8) is 0 Å². The van der Waals surface area contributed by atoms with Crippen molar-refractivity contribution in [1.29, 1.82) is 0 Å². The van der Waals surface area contributed by atoms with E-state index in [1.807, 2.05) is 44.2 Å². The molecule has 0 saturated carbocycles. The highest BCUT2D eigenvalue weighted by Crippen LogP contribution is 2.13. The van der Waals surface area contributed by atoms with Crippen LogP contribution in [0.4, 0.5) is 5.69 Å². The van der Waals surface area contributed by atoms with Crippen LogP contribution in [0, 0.1) is 6.92 Å². The maximum Gasteiger partial charge on any atom is 0.0622 e. The van der Waals surface area contributed by atoms with E-state index in [0.717, 1.165) is 5.69 Å². The molecule has 108 valence electrons. The highest BCUT2D eigenvalue weighted by atomic mass is 14.7. The van der Waals surface area contributed by atoms with E-state index in [4.69, 9.17) is 0 Å². The topological polar surface area (TPSA) is 12.4 Å². The second-order valence-corrected chi connectivity index (χ2v) is 4.56. The minimum absolute atomic E-state index is 0.653. The first-order valence-corrected chi connectivity index (χ1v) is 7.22. The molecule has 1 nitrogen and oxygen atoms in total. The largest absolute Gasteiger partial charge is 0.265 e. The van der Waals surface area contributed by atoms with E-state index in [0.29, 0.717) is 5.92 Å². The number of hydrogen-bond acceptors (Lipinski definition) is 1. The van der Waals surface area contributed by atoms with Gasteiger partial charge in [0.05, 0.1) is 5.69 Å². The van der Waals surface area contributed by atoms with Crippen molar-refractivity contribution in [3.8, 4) is 0 Å². The van der Waals surface area contributed by atoms with Gasteiger partial charge >= 0.3 is 0 Å². The molecule has 2 aromatic carbocycles. The van der Waals surface area contributed by atoms with Gasteiger partial charge in [-0.1, -0.05) is 75.7 Å². The van der Waals surface area contributed by atoms with Crippen molar-refractivity contribution >= 4 is 12.4 Å². The molecule has 0 atom stereocenters. The Bertz CT molecular complexity index is 455. The van der Waals surface area contributed by atoms with Crippen molar-refractivity contribution in [3.05, 3.63) is 65.7 Å². The van der Waals surface area contributed by atoms with E-state index in [1.165, 1.54) is 11.1 Å². The standard InChI is InChI=1S/C10H14.C7H7N.C2H6/c1-8(2)10-6-4-9(3)5-7-10;1-8-7-5-3-2-4-6-7;1-2/h4-8H,1-3H3;2-6H,1H2;1-2H3. The van der Waals surface area contributed by atoms with Crippen LogP contribution in [0.15, 0.2) is 59.6 Å². The third-order valence-electron chi connectivity index (χ3n) is 2.68. The molecular weight excluding hydrogens is 242 g/mol. The Morgan fingerprint density at radius 3 is 1.70 bits per heavy atom. The molecule has 2 rings (SSSR count). The number of hydrogen-bond donors (Lipinski definition) is 0. The van der Waals surface area contributed by atoms with Gasteiger partial charge < -0.3 is 0 Å². The molecule has 0 spiro atoms. The maximum absolute atomic E-state index is 3.72. The summed E-state index contributed by atoms with van der Waals surface area (Å²) in [6.45, 7) is 13.9. The van der Waals surface area contributed by atoms with Crippen LogP contribution in [0.2, 0.25) is 0 Å². The molecule has 0 N–H and O–H groups in total. The summed E-state index contributed by atoms with van der Waals surface area (Å²) in [5.74, 6) is 0.653. The fraction of sp³-hybridized carbons (Fsp3) is 0.316. The second kappa shape index (κ2) is 11.0. The van der Waals surface area contributed by atoms with E-state index >= 15 is 0 Å². The Morgan fingerprint density at radius 2 is 1.35 bits per heavy atom. The highest BCUT2D eigenvalue weighted by Gasteiger charge is 1.95. The second-order valence-electron chi connectivity index (χ2n) is 4.56. The lowest BCUT2D eigenvalue weighted by atomic mass is 10.0. The molecule has 0 aliphatic heterocycles. The van der Waals surface area contributed by atoms with Crippen molar-refractivity contribution in [1.82, 2.24) is 0 Å². The van der Waals surface area contributed by atoms with Gasteiger partial charge in [-0.2, -0.15) is 0 Å². The molecule has 0 aliphatic carbocycles. The molecule has 20 heavy (non-hydrogen) atoms. The van der Waals surface area contributed by atoms with E-state index in [9.17, 15) is 0 Å². The van der Waals surface area contributed by atoms with Gasteiger partial charge in [0.15, 0.2) is 0 Å². The molecule has 0 aliphatic rings. The highest BCUT2D eigenvalue weighted by molar-refractivity contribution is 5.44. The Balaban J connectivity index is 0.000000327. The summed E-state index contributed by atoms with van der Waals surface area (Å²) in [7, 11) is 0. The summed E-state index contributed by atoms with van der Waals surface area (Å²) in [4.78, 5) is 3.72. The summed E-state index contributed by atoms with van der Waals surface area (Å²) in [5, 5.41) is 0. The van der Waals surface area contributed by atoms with Crippen LogP contribution < -0.4 is 0 Å². The fourth-order valence-corrected chi connectivity index (χ4v) is 1.48. The van der Waals surface area contributed by atoms with Crippen LogP contribution in [-0.2, 0) is 0 Å². The van der Waals surface area contributed by atoms with Crippen LogP contribution >= 0.6 is 0 Å². The molecule has 0 heterocycles. The predicted octanol–water partition coefficient (Wildman–Crippen LogP) is 6.16. The Labute approximate surface area is 124 Å². The number of rotatable bonds is 2. The zero-order chi connectivity index (χ0) is 15.4. The molecule has 0 fully saturated rings. The summed E-state index contributed by atoms with van der Waals surface area (Å²) in [5.41, 5.74) is 3.68. The van der Waals surface area contributed by atoms with Gasteiger partial charge in [0.1, 0.15) is 0 Å². The lowest BCUT2D eigenvalue weighted by Gasteiger charge is -2.03. The van der Waals surface area contributed by atoms with E-state index in [2.05, 4.69) is 56.7 Å². The molecule has 0 radical (unpaired) electrons. The van der Waals surface area contributed by atoms with Gasteiger partial charge in [-0.3, -0.25) is 4.99 Å². The normalized spacial score (nSPS) is 8.90. The average molecular weight is 269 g/mol. The smallest absolute Gasteiger partial charge is 0.0622 e. The monoisotopic (exact) mass is 269 g/mol. The van der Waals surface area contributed by atoms with E-state index in [-0.39, 0.29) is 0 Å². The van der Waals surface area contributed by atoms with Gasteiger partial charge in [-0.15, -0.1) is 0 Å². The van der Waals surface area contributed by atoms with Crippen LogP contribution in [-0.4, -0.2) is 6.72 Å². The predicted molar refractivity (Wildman–Crippen MR) is 92.3 cm³/mol. The first-order valence-electron chi connectivity index (χ1n) is 7.22. The number of aliphatic imine (C=N–C) groups is 1. The quantitative estimate of drug-likeness (QED) is 0.579. The third-order valence-corrected chi connectivity index (χ3v) is 2.68. The summed E-state index contributed by atoms with van der Waals surface area (Å²) >= 11 is 0. The Hall–Kier alpha value is -1.89.